The van der Waals surface area contributed by atoms with Crippen molar-refractivity contribution in [1.29, 1.82) is 0 Å². The molecule has 0 aliphatic rings. The summed E-state index contributed by atoms with van der Waals surface area (Å²) in [6.45, 7) is 2.92. The van der Waals surface area contributed by atoms with Gasteiger partial charge in [0, 0.05) is 24.0 Å². The lowest BCUT2D eigenvalue weighted by atomic mass is 9.96. The van der Waals surface area contributed by atoms with Gasteiger partial charge in [0.25, 0.3) is 5.91 Å². The fraction of sp³-hybridized carbons (Fsp3) is 0.238. The van der Waals surface area contributed by atoms with Crippen molar-refractivity contribution in [3.05, 3.63) is 59.0 Å². The Hall–Kier alpha value is -3.64. The van der Waals surface area contributed by atoms with Gasteiger partial charge >= 0.3 is 6.09 Å². The van der Waals surface area contributed by atoms with Gasteiger partial charge in [-0.2, -0.15) is 0 Å². The van der Waals surface area contributed by atoms with Crippen LogP contribution in [-0.2, 0) is 12.0 Å². The molecule has 2 amide bonds. The number of nitrogens with one attached hydrogen (secondary N) is 2. The first-order valence-corrected chi connectivity index (χ1v) is 10.5. The molecule has 0 bridgehead atoms. The van der Waals surface area contributed by atoms with Crippen LogP contribution in [0, 0.1) is 11.6 Å². The number of carboxylic acid groups (broad SMARTS) is 1. The van der Waals surface area contributed by atoms with Crippen molar-refractivity contribution in [1.82, 2.24) is 15.3 Å². The number of hydrogen-bond donors (Lipinski definition) is 5. The third-order valence-electron chi connectivity index (χ3n) is 4.56. The SMILES string of the molecule is CC(C)(O)c1cc(F)c(-c2cc(C(N)=O)c(Nc3ccnc(CCNC(=O)O)n3)s2)c(F)c1. The van der Waals surface area contributed by atoms with Crippen molar-refractivity contribution in [2.45, 2.75) is 25.9 Å². The van der Waals surface area contributed by atoms with Gasteiger partial charge in [0.05, 0.1) is 16.7 Å². The highest BCUT2D eigenvalue weighted by molar-refractivity contribution is 7.20. The van der Waals surface area contributed by atoms with Crippen molar-refractivity contribution >= 4 is 34.2 Å². The number of benzene rings is 1. The van der Waals surface area contributed by atoms with E-state index in [-0.39, 0.29) is 45.4 Å². The molecule has 12 heteroatoms. The molecule has 174 valence electrons. The number of carbonyl (C=O) groups excluding carboxylic acids is 1. The average molecular weight is 477 g/mol. The molecule has 33 heavy (non-hydrogen) atoms. The zero-order chi connectivity index (χ0) is 24.3. The lowest BCUT2D eigenvalue weighted by molar-refractivity contribution is 0.0778. The van der Waals surface area contributed by atoms with Gasteiger partial charge in [0.2, 0.25) is 0 Å². The van der Waals surface area contributed by atoms with Gasteiger partial charge < -0.3 is 26.6 Å². The number of nitrogens with two attached hydrogens (primary N) is 1. The van der Waals surface area contributed by atoms with E-state index in [0.717, 1.165) is 23.5 Å². The summed E-state index contributed by atoms with van der Waals surface area (Å²) in [6.07, 6.45) is 0.500. The smallest absolute Gasteiger partial charge is 0.404 e. The van der Waals surface area contributed by atoms with Gasteiger partial charge in [-0.15, -0.1) is 11.3 Å². The number of halogens is 2. The van der Waals surface area contributed by atoms with Crippen LogP contribution in [0.1, 0.15) is 35.6 Å². The Labute approximate surface area is 191 Å². The normalized spacial score (nSPS) is 11.3. The maximum Gasteiger partial charge on any atom is 0.404 e. The van der Waals surface area contributed by atoms with Gasteiger partial charge in [-0.05, 0) is 43.7 Å². The molecule has 0 radical (unpaired) electrons. The van der Waals surface area contributed by atoms with Gasteiger partial charge in [0.1, 0.15) is 28.3 Å². The first-order valence-electron chi connectivity index (χ1n) is 9.67. The zero-order valence-electron chi connectivity index (χ0n) is 17.6. The lowest BCUT2D eigenvalue weighted by Gasteiger charge is -2.18. The molecule has 9 nitrogen and oxygen atoms in total. The number of primary amides is 1. The summed E-state index contributed by atoms with van der Waals surface area (Å²) in [5.74, 6) is -1.98. The fourth-order valence-electron chi connectivity index (χ4n) is 2.94. The molecule has 3 rings (SSSR count). The summed E-state index contributed by atoms with van der Waals surface area (Å²) in [5, 5.41) is 24.0. The number of nitrogens with zero attached hydrogens (tertiary/aromatic N) is 2. The Balaban J connectivity index is 1.93. The standard InChI is InChI=1S/C21H21F2N5O4S/c1-21(2,32)10-7-12(22)17(13(23)8-10)14-9-11(18(24)29)19(33-14)28-16-4-5-25-15(27-16)3-6-26-20(30)31/h4-5,7-9,26,32H,3,6H2,1-2H3,(H2,24,29)(H,30,31)(H,25,27,28). The van der Waals surface area contributed by atoms with Crippen LogP contribution < -0.4 is 16.4 Å². The molecular weight excluding hydrogens is 456 g/mol. The van der Waals surface area contributed by atoms with Crippen LogP contribution >= 0.6 is 11.3 Å². The Kier molecular flexibility index (Phi) is 6.89. The molecule has 0 unspecified atom stereocenters. The molecule has 0 atom stereocenters. The number of aromatic nitrogens is 2. The van der Waals surface area contributed by atoms with Crippen LogP contribution in [0.25, 0.3) is 10.4 Å². The van der Waals surface area contributed by atoms with Crippen LogP contribution in [-0.4, -0.2) is 38.7 Å². The molecule has 0 saturated carbocycles. The fourth-order valence-corrected chi connectivity index (χ4v) is 4.06. The molecule has 3 aromatic rings. The van der Waals surface area contributed by atoms with E-state index >= 15 is 0 Å². The minimum Gasteiger partial charge on any atom is -0.465 e. The molecule has 0 spiro atoms. The monoisotopic (exact) mass is 477 g/mol. The quantitative estimate of drug-likeness (QED) is 0.334. The van der Waals surface area contributed by atoms with Gasteiger partial charge in [-0.3, -0.25) is 4.79 Å². The number of aliphatic hydroxyl groups is 1. The topological polar surface area (TPSA) is 150 Å². The number of carbonyl (C=O) groups is 2. The highest BCUT2D eigenvalue weighted by Crippen LogP contribution is 2.40. The minimum atomic E-state index is -1.44. The predicted molar refractivity (Wildman–Crippen MR) is 118 cm³/mol. The first-order chi connectivity index (χ1) is 15.5. The van der Waals surface area contributed by atoms with E-state index in [4.69, 9.17) is 10.8 Å². The molecule has 0 fully saturated rings. The highest BCUT2D eigenvalue weighted by atomic mass is 32.1. The third kappa shape index (κ3) is 5.79. The van der Waals surface area contributed by atoms with Gasteiger partial charge in [0.15, 0.2) is 0 Å². The summed E-state index contributed by atoms with van der Waals surface area (Å²) in [4.78, 5) is 30.9. The number of anilines is 2. The number of thiophene rings is 1. The molecule has 2 heterocycles. The van der Waals surface area contributed by atoms with Crippen molar-refractivity contribution in [3.8, 4) is 10.4 Å². The summed E-state index contributed by atoms with van der Waals surface area (Å²) in [7, 11) is 0. The maximum atomic E-state index is 14.8. The average Bonchev–Trinajstić information content (AvgIpc) is 3.10. The van der Waals surface area contributed by atoms with Crippen molar-refractivity contribution in [2.75, 3.05) is 11.9 Å². The van der Waals surface area contributed by atoms with Crippen LogP contribution in [0.15, 0.2) is 30.5 Å². The molecule has 6 N–H and O–H groups in total. The van der Waals surface area contributed by atoms with E-state index in [1.54, 1.807) is 0 Å². The predicted octanol–water partition coefficient (Wildman–Crippen LogP) is 3.36. The summed E-state index contributed by atoms with van der Waals surface area (Å²) in [5.41, 5.74) is 3.73. The Morgan fingerprint density at radius 2 is 1.88 bits per heavy atom. The van der Waals surface area contributed by atoms with E-state index in [9.17, 15) is 23.5 Å². The first kappa shape index (κ1) is 24.0. The third-order valence-corrected chi connectivity index (χ3v) is 5.63. The van der Waals surface area contributed by atoms with E-state index in [2.05, 4.69) is 20.6 Å². The van der Waals surface area contributed by atoms with Gasteiger partial charge in [-0.25, -0.2) is 23.5 Å². The van der Waals surface area contributed by atoms with E-state index < -0.39 is 29.2 Å². The summed E-state index contributed by atoms with van der Waals surface area (Å²) >= 11 is 0.900. The van der Waals surface area contributed by atoms with Crippen LogP contribution in [0.5, 0.6) is 0 Å². The van der Waals surface area contributed by atoms with Crippen LogP contribution in [0.3, 0.4) is 0 Å². The van der Waals surface area contributed by atoms with Crippen molar-refractivity contribution < 1.29 is 28.6 Å². The van der Waals surface area contributed by atoms with E-state index in [1.165, 1.54) is 32.2 Å². The number of hydrogen-bond acceptors (Lipinski definition) is 7. The van der Waals surface area contributed by atoms with Crippen molar-refractivity contribution in [3.63, 3.8) is 0 Å². The molecule has 2 aromatic heterocycles. The van der Waals surface area contributed by atoms with Crippen molar-refractivity contribution in [2.24, 2.45) is 5.73 Å². The second kappa shape index (κ2) is 9.46. The van der Waals surface area contributed by atoms with E-state index in [0.29, 0.717) is 5.82 Å². The number of rotatable bonds is 8. The molecule has 0 saturated heterocycles. The molecule has 0 aliphatic heterocycles. The molecular formula is C21H21F2N5O4S. The summed E-state index contributed by atoms with van der Waals surface area (Å²) < 4.78 is 29.5. The minimum absolute atomic E-state index is 0.00747. The number of amides is 2. The van der Waals surface area contributed by atoms with Crippen LogP contribution in [0.4, 0.5) is 24.4 Å². The Morgan fingerprint density at radius 3 is 2.45 bits per heavy atom. The van der Waals surface area contributed by atoms with Gasteiger partial charge in [-0.1, -0.05) is 0 Å². The van der Waals surface area contributed by atoms with Crippen LogP contribution in [0.2, 0.25) is 0 Å². The largest absolute Gasteiger partial charge is 0.465 e. The second-order valence-corrected chi connectivity index (χ2v) is 8.61. The second-order valence-electron chi connectivity index (χ2n) is 7.56. The lowest BCUT2D eigenvalue weighted by Crippen LogP contribution is -2.23. The van der Waals surface area contributed by atoms with E-state index in [1.807, 2.05) is 0 Å². The Bertz CT molecular complexity index is 1190. The highest BCUT2D eigenvalue weighted by Gasteiger charge is 2.24. The summed E-state index contributed by atoms with van der Waals surface area (Å²) in [6, 6.07) is 4.87. The molecule has 0 aliphatic carbocycles. The Morgan fingerprint density at radius 1 is 1.21 bits per heavy atom. The molecule has 1 aromatic carbocycles. The maximum absolute atomic E-state index is 14.8. The zero-order valence-corrected chi connectivity index (χ0v) is 18.5.